The van der Waals surface area contributed by atoms with Gasteiger partial charge in [-0.2, -0.15) is 0 Å². The fourth-order valence-electron chi connectivity index (χ4n) is 3.05. The summed E-state index contributed by atoms with van der Waals surface area (Å²) in [4.78, 5) is 12.8. The van der Waals surface area contributed by atoms with E-state index in [1.807, 2.05) is 80.8 Å². The third kappa shape index (κ3) is 4.14. The van der Waals surface area contributed by atoms with Gasteiger partial charge < -0.3 is 14.6 Å². The lowest BCUT2D eigenvalue weighted by molar-refractivity contribution is -0.116. The zero-order valence-corrected chi connectivity index (χ0v) is 15.4. The smallest absolute Gasteiger partial charge is 0.226 e. The first-order valence-electron chi connectivity index (χ1n) is 8.70. The molecule has 1 heterocycles. The van der Waals surface area contributed by atoms with Gasteiger partial charge in [-0.15, -0.1) is 0 Å². The molecular weight excluding hydrogens is 324 g/mol. The van der Waals surface area contributed by atoms with Gasteiger partial charge in [0, 0.05) is 18.1 Å². The average Bonchev–Trinajstić information content (AvgIpc) is 3.17. The standard InChI is InChI=1S/C22H24N2O2/c1-16-9-10-17(2)20(13-16)23-22(25)15-21(24-11-4-5-12-24)18-7-6-8-19(14-18)26-3/h4-14,21H,15H2,1-3H3,(H,23,25)/t21-/m0/s1. The molecule has 1 N–H and O–H groups in total. The van der Waals surface area contributed by atoms with Gasteiger partial charge in [0.05, 0.1) is 19.6 Å². The Morgan fingerprint density at radius 2 is 1.85 bits per heavy atom. The molecule has 0 aliphatic rings. The number of hydrogen-bond donors (Lipinski definition) is 1. The SMILES string of the molecule is COc1cccc([C@H](CC(=O)Nc2cc(C)ccc2C)n2cccc2)c1. The largest absolute Gasteiger partial charge is 0.497 e. The van der Waals surface area contributed by atoms with E-state index in [0.29, 0.717) is 6.42 Å². The fourth-order valence-corrected chi connectivity index (χ4v) is 3.05. The van der Waals surface area contributed by atoms with Gasteiger partial charge in [-0.05, 0) is 60.9 Å². The summed E-state index contributed by atoms with van der Waals surface area (Å²) in [5.41, 5.74) is 4.09. The topological polar surface area (TPSA) is 43.3 Å². The zero-order chi connectivity index (χ0) is 18.5. The van der Waals surface area contributed by atoms with Crippen molar-refractivity contribution in [3.8, 4) is 5.75 Å². The molecule has 1 atom stereocenters. The van der Waals surface area contributed by atoms with Gasteiger partial charge in [-0.25, -0.2) is 0 Å². The van der Waals surface area contributed by atoms with Crippen LogP contribution in [0.25, 0.3) is 0 Å². The van der Waals surface area contributed by atoms with Gasteiger partial charge in [0.25, 0.3) is 0 Å². The van der Waals surface area contributed by atoms with E-state index in [4.69, 9.17) is 4.74 Å². The summed E-state index contributed by atoms with van der Waals surface area (Å²) in [7, 11) is 1.65. The minimum absolute atomic E-state index is 0.0137. The minimum atomic E-state index is -0.0924. The molecule has 4 nitrogen and oxygen atoms in total. The third-order valence-corrected chi connectivity index (χ3v) is 4.51. The molecule has 3 rings (SSSR count). The Hall–Kier alpha value is -3.01. The maximum absolute atomic E-state index is 12.8. The van der Waals surface area contributed by atoms with Crippen molar-refractivity contribution in [2.75, 3.05) is 12.4 Å². The van der Waals surface area contributed by atoms with Gasteiger partial charge >= 0.3 is 0 Å². The first-order valence-corrected chi connectivity index (χ1v) is 8.70. The number of aromatic nitrogens is 1. The molecule has 4 heteroatoms. The van der Waals surface area contributed by atoms with E-state index in [0.717, 1.165) is 28.1 Å². The number of ether oxygens (including phenoxy) is 1. The monoisotopic (exact) mass is 348 g/mol. The fraction of sp³-hybridized carbons (Fsp3) is 0.227. The van der Waals surface area contributed by atoms with Crippen LogP contribution in [-0.4, -0.2) is 17.6 Å². The van der Waals surface area contributed by atoms with E-state index >= 15 is 0 Å². The third-order valence-electron chi connectivity index (χ3n) is 4.51. The first kappa shape index (κ1) is 17.8. The quantitative estimate of drug-likeness (QED) is 0.700. The van der Waals surface area contributed by atoms with E-state index in [1.54, 1.807) is 7.11 Å². The Bertz CT molecular complexity index is 885. The van der Waals surface area contributed by atoms with Crippen LogP contribution in [0.2, 0.25) is 0 Å². The van der Waals surface area contributed by atoms with Crippen molar-refractivity contribution in [3.05, 3.63) is 83.7 Å². The van der Waals surface area contributed by atoms with E-state index in [-0.39, 0.29) is 11.9 Å². The Kier molecular flexibility index (Phi) is 5.42. The molecule has 1 amide bonds. The number of nitrogens with zero attached hydrogens (tertiary/aromatic N) is 1. The number of carbonyl (C=O) groups is 1. The van der Waals surface area contributed by atoms with Crippen molar-refractivity contribution in [1.82, 2.24) is 4.57 Å². The molecule has 0 saturated carbocycles. The van der Waals surface area contributed by atoms with Crippen LogP contribution in [0.1, 0.15) is 29.2 Å². The number of benzene rings is 2. The Labute approximate surface area is 154 Å². The lowest BCUT2D eigenvalue weighted by atomic mass is 10.0. The minimum Gasteiger partial charge on any atom is -0.497 e. The van der Waals surface area contributed by atoms with Crippen LogP contribution in [0.3, 0.4) is 0 Å². The number of aryl methyl sites for hydroxylation is 2. The first-order chi connectivity index (χ1) is 12.6. The van der Waals surface area contributed by atoms with Crippen molar-refractivity contribution >= 4 is 11.6 Å². The molecule has 3 aromatic rings. The second kappa shape index (κ2) is 7.91. The molecule has 134 valence electrons. The van der Waals surface area contributed by atoms with Crippen LogP contribution < -0.4 is 10.1 Å². The average molecular weight is 348 g/mol. The number of carbonyl (C=O) groups excluding carboxylic acids is 1. The summed E-state index contributed by atoms with van der Waals surface area (Å²) < 4.78 is 7.40. The molecule has 0 saturated heterocycles. The van der Waals surface area contributed by atoms with Crippen LogP contribution in [-0.2, 0) is 4.79 Å². The summed E-state index contributed by atoms with van der Waals surface area (Å²) in [6.45, 7) is 4.02. The Morgan fingerprint density at radius 1 is 1.08 bits per heavy atom. The van der Waals surface area contributed by atoms with E-state index in [9.17, 15) is 4.79 Å². The molecule has 0 spiro atoms. The van der Waals surface area contributed by atoms with Crippen LogP contribution in [0.15, 0.2) is 67.0 Å². The number of methoxy groups -OCH3 is 1. The highest BCUT2D eigenvalue weighted by Crippen LogP contribution is 2.26. The molecule has 0 bridgehead atoms. The maximum atomic E-state index is 12.8. The van der Waals surface area contributed by atoms with Crippen molar-refractivity contribution in [1.29, 1.82) is 0 Å². The van der Waals surface area contributed by atoms with Gasteiger partial charge in [0.1, 0.15) is 5.75 Å². The summed E-state index contributed by atoms with van der Waals surface area (Å²) in [6.07, 6.45) is 4.31. The van der Waals surface area contributed by atoms with Crippen molar-refractivity contribution < 1.29 is 9.53 Å². The van der Waals surface area contributed by atoms with Gasteiger partial charge in [-0.1, -0.05) is 24.3 Å². The highest BCUT2D eigenvalue weighted by atomic mass is 16.5. The van der Waals surface area contributed by atoms with Crippen LogP contribution >= 0.6 is 0 Å². The van der Waals surface area contributed by atoms with E-state index < -0.39 is 0 Å². The molecule has 26 heavy (non-hydrogen) atoms. The predicted octanol–water partition coefficient (Wildman–Crippen LogP) is 4.73. The second-order valence-corrected chi connectivity index (χ2v) is 6.49. The normalized spacial score (nSPS) is 11.8. The zero-order valence-electron chi connectivity index (χ0n) is 15.4. The Balaban J connectivity index is 1.84. The second-order valence-electron chi connectivity index (χ2n) is 6.49. The molecule has 0 aliphatic heterocycles. The van der Waals surface area contributed by atoms with Gasteiger partial charge in [-0.3, -0.25) is 4.79 Å². The van der Waals surface area contributed by atoms with Crippen molar-refractivity contribution in [2.45, 2.75) is 26.3 Å². The molecular formula is C22H24N2O2. The number of nitrogens with one attached hydrogen (secondary N) is 1. The summed E-state index contributed by atoms with van der Waals surface area (Å²) in [5.74, 6) is 0.773. The number of hydrogen-bond acceptors (Lipinski definition) is 2. The number of anilines is 1. The molecule has 0 radical (unpaired) electrons. The van der Waals surface area contributed by atoms with Crippen LogP contribution in [0, 0.1) is 13.8 Å². The van der Waals surface area contributed by atoms with Gasteiger partial charge in [0.2, 0.25) is 5.91 Å². The molecule has 0 aliphatic carbocycles. The van der Waals surface area contributed by atoms with Crippen LogP contribution in [0.5, 0.6) is 5.75 Å². The summed E-state index contributed by atoms with van der Waals surface area (Å²) in [5, 5.41) is 3.06. The van der Waals surface area contributed by atoms with Crippen molar-refractivity contribution in [2.24, 2.45) is 0 Å². The number of amides is 1. The lowest BCUT2D eigenvalue weighted by Gasteiger charge is -2.20. The molecule has 2 aromatic carbocycles. The summed E-state index contributed by atoms with van der Waals surface area (Å²) in [6, 6.07) is 17.8. The van der Waals surface area contributed by atoms with Crippen LogP contribution in [0.4, 0.5) is 5.69 Å². The lowest BCUT2D eigenvalue weighted by Crippen LogP contribution is -2.20. The molecule has 1 aromatic heterocycles. The number of rotatable bonds is 6. The van der Waals surface area contributed by atoms with Crippen molar-refractivity contribution in [3.63, 3.8) is 0 Å². The molecule has 0 fully saturated rings. The van der Waals surface area contributed by atoms with E-state index in [2.05, 4.69) is 9.88 Å². The predicted molar refractivity (Wildman–Crippen MR) is 105 cm³/mol. The molecule has 0 unspecified atom stereocenters. The van der Waals surface area contributed by atoms with E-state index in [1.165, 1.54) is 0 Å². The highest BCUT2D eigenvalue weighted by Gasteiger charge is 2.18. The highest BCUT2D eigenvalue weighted by molar-refractivity contribution is 5.92. The summed E-state index contributed by atoms with van der Waals surface area (Å²) >= 11 is 0. The Morgan fingerprint density at radius 3 is 2.58 bits per heavy atom. The van der Waals surface area contributed by atoms with Gasteiger partial charge in [0.15, 0.2) is 0 Å². The maximum Gasteiger partial charge on any atom is 0.226 e.